The summed E-state index contributed by atoms with van der Waals surface area (Å²) in [6.45, 7) is 0. The fourth-order valence-corrected chi connectivity index (χ4v) is 2.90. The van der Waals surface area contributed by atoms with Crippen molar-refractivity contribution in [2.45, 2.75) is 43.8 Å². The fourth-order valence-electron chi connectivity index (χ4n) is 2.76. The highest BCUT2D eigenvalue weighted by atomic mass is 35.5. The van der Waals surface area contributed by atoms with Gasteiger partial charge in [0.2, 0.25) is 0 Å². The fraction of sp³-hybridized carbons (Fsp3) is 0.700. The maximum atomic E-state index is 5.87. The Morgan fingerprint density at radius 3 is 2.64 bits per heavy atom. The lowest BCUT2D eigenvalue weighted by Crippen LogP contribution is -2.38. The number of piperidine rings is 1. The van der Waals surface area contributed by atoms with Crippen LogP contribution in [0, 0.1) is 0 Å². The highest BCUT2D eigenvalue weighted by molar-refractivity contribution is 6.30. The summed E-state index contributed by atoms with van der Waals surface area (Å²) in [4.78, 5) is 0. The predicted molar refractivity (Wildman–Crippen MR) is 55.5 cm³/mol. The molecule has 3 rings (SSSR count). The van der Waals surface area contributed by atoms with E-state index in [1.807, 2.05) is 10.9 Å². The summed E-state index contributed by atoms with van der Waals surface area (Å²) in [5.41, 5.74) is 0. The van der Waals surface area contributed by atoms with Crippen LogP contribution in [0.25, 0.3) is 0 Å². The van der Waals surface area contributed by atoms with Crippen molar-refractivity contribution in [1.82, 2.24) is 15.1 Å². The Balaban J connectivity index is 1.80. The van der Waals surface area contributed by atoms with Gasteiger partial charge in [-0.3, -0.25) is 4.68 Å². The minimum absolute atomic E-state index is 0.557. The van der Waals surface area contributed by atoms with E-state index in [1.54, 1.807) is 6.20 Å². The van der Waals surface area contributed by atoms with E-state index in [1.165, 1.54) is 25.7 Å². The van der Waals surface area contributed by atoms with Crippen molar-refractivity contribution in [3.8, 4) is 0 Å². The van der Waals surface area contributed by atoms with Gasteiger partial charge in [-0.15, -0.1) is 0 Å². The third kappa shape index (κ3) is 1.44. The van der Waals surface area contributed by atoms with Crippen LogP contribution in [0.3, 0.4) is 0 Å². The number of nitrogens with one attached hydrogen (secondary N) is 1. The number of hydrogen-bond donors (Lipinski definition) is 1. The van der Waals surface area contributed by atoms with Gasteiger partial charge in [-0.05, 0) is 25.7 Å². The zero-order valence-corrected chi connectivity index (χ0v) is 8.74. The van der Waals surface area contributed by atoms with E-state index < -0.39 is 0 Å². The van der Waals surface area contributed by atoms with Gasteiger partial charge >= 0.3 is 0 Å². The smallest absolute Gasteiger partial charge is 0.0785 e. The number of halogens is 1. The standard InChI is InChI=1S/C10H14ClN3/c11-7-5-12-14(6-7)10-3-8-1-2-9(4-10)13-8/h5-6,8-10,13H,1-4H2. The maximum Gasteiger partial charge on any atom is 0.0785 e. The summed E-state index contributed by atoms with van der Waals surface area (Å²) in [6, 6.07) is 1.98. The van der Waals surface area contributed by atoms with Crippen molar-refractivity contribution in [1.29, 1.82) is 0 Å². The van der Waals surface area contributed by atoms with Crippen molar-refractivity contribution in [3.63, 3.8) is 0 Å². The molecule has 0 amide bonds. The van der Waals surface area contributed by atoms with Crippen LogP contribution in [0.15, 0.2) is 12.4 Å². The third-order valence-corrected chi connectivity index (χ3v) is 3.59. The summed E-state index contributed by atoms with van der Waals surface area (Å²) in [5, 5.41) is 8.66. The van der Waals surface area contributed by atoms with Crippen molar-refractivity contribution >= 4 is 11.6 Å². The molecule has 4 heteroatoms. The Hall–Kier alpha value is -0.540. The van der Waals surface area contributed by atoms with E-state index in [4.69, 9.17) is 11.6 Å². The number of rotatable bonds is 1. The lowest BCUT2D eigenvalue weighted by Gasteiger charge is -2.29. The lowest BCUT2D eigenvalue weighted by atomic mass is 10.0. The monoisotopic (exact) mass is 211 g/mol. The van der Waals surface area contributed by atoms with Crippen LogP contribution in [-0.4, -0.2) is 21.9 Å². The Labute approximate surface area is 88.4 Å². The molecule has 76 valence electrons. The third-order valence-electron chi connectivity index (χ3n) is 3.39. The summed E-state index contributed by atoms with van der Waals surface area (Å²) in [7, 11) is 0. The molecule has 2 bridgehead atoms. The molecule has 2 aliphatic heterocycles. The summed E-state index contributed by atoms with van der Waals surface area (Å²) in [6.07, 6.45) is 8.73. The highest BCUT2D eigenvalue weighted by Gasteiger charge is 2.34. The van der Waals surface area contributed by atoms with Crippen molar-refractivity contribution in [3.05, 3.63) is 17.4 Å². The van der Waals surface area contributed by atoms with E-state index in [9.17, 15) is 0 Å². The number of hydrogen-bond acceptors (Lipinski definition) is 2. The molecule has 2 fully saturated rings. The van der Waals surface area contributed by atoms with E-state index >= 15 is 0 Å². The number of nitrogens with zero attached hydrogens (tertiary/aromatic N) is 2. The molecular formula is C10H14ClN3. The van der Waals surface area contributed by atoms with Gasteiger partial charge in [0.25, 0.3) is 0 Å². The first-order valence-corrected chi connectivity index (χ1v) is 5.65. The Kier molecular flexibility index (Phi) is 2.03. The normalized spacial score (nSPS) is 36.2. The predicted octanol–water partition coefficient (Wildman–Crippen LogP) is 1.99. The summed E-state index contributed by atoms with van der Waals surface area (Å²) >= 11 is 5.87. The minimum Gasteiger partial charge on any atom is -0.311 e. The van der Waals surface area contributed by atoms with Gasteiger partial charge in [0.15, 0.2) is 0 Å². The molecule has 2 unspecified atom stereocenters. The highest BCUT2D eigenvalue weighted by Crippen LogP contribution is 2.33. The number of fused-ring (bicyclic) bond motifs is 2. The molecule has 1 aromatic heterocycles. The average molecular weight is 212 g/mol. The average Bonchev–Trinajstić information content (AvgIpc) is 2.73. The summed E-state index contributed by atoms with van der Waals surface area (Å²) in [5.74, 6) is 0. The zero-order valence-electron chi connectivity index (χ0n) is 7.99. The van der Waals surface area contributed by atoms with Gasteiger partial charge in [-0.25, -0.2) is 0 Å². The second-order valence-electron chi connectivity index (χ2n) is 4.40. The van der Waals surface area contributed by atoms with Crippen LogP contribution >= 0.6 is 11.6 Å². The van der Waals surface area contributed by atoms with Gasteiger partial charge in [0.1, 0.15) is 0 Å². The lowest BCUT2D eigenvalue weighted by molar-refractivity contribution is 0.281. The molecule has 3 nitrogen and oxygen atoms in total. The van der Waals surface area contributed by atoms with Crippen LogP contribution in [0.4, 0.5) is 0 Å². The van der Waals surface area contributed by atoms with E-state index in [0.29, 0.717) is 18.1 Å². The van der Waals surface area contributed by atoms with E-state index in [2.05, 4.69) is 10.4 Å². The Morgan fingerprint density at radius 1 is 1.36 bits per heavy atom. The molecule has 0 spiro atoms. The molecule has 0 aromatic carbocycles. The van der Waals surface area contributed by atoms with Crippen molar-refractivity contribution in [2.24, 2.45) is 0 Å². The van der Waals surface area contributed by atoms with Crippen LogP contribution in [0.5, 0.6) is 0 Å². The quantitative estimate of drug-likeness (QED) is 0.770. The molecule has 1 aromatic rings. The SMILES string of the molecule is Clc1cnn(C2CC3CCC(C2)N3)c1. The van der Waals surface area contributed by atoms with E-state index in [0.717, 1.165) is 5.02 Å². The Bertz CT molecular complexity index is 324. The molecular weight excluding hydrogens is 198 g/mol. The maximum absolute atomic E-state index is 5.87. The molecule has 2 saturated heterocycles. The van der Waals surface area contributed by atoms with Gasteiger partial charge in [-0.1, -0.05) is 11.6 Å². The molecule has 3 heterocycles. The van der Waals surface area contributed by atoms with Gasteiger partial charge in [0.05, 0.1) is 17.3 Å². The minimum atomic E-state index is 0.557. The zero-order chi connectivity index (χ0) is 9.54. The van der Waals surface area contributed by atoms with Crippen molar-refractivity contribution in [2.75, 3.05) is 0 Å². The molecule has 0 aliphatic carbocycles. The first kappa shape index (κ1) is 8.74. The van der Waals surface area contributed by atoms with Crippen LogP contribution < -0.4 is 5.32 Å². The van der Waals surface area contributed by atoms with Gasteiger partial charge < -0.3 is 5.32 Å². The molecule has 0 radical (unpaired) electrons. The van der Waals surface area contributed by atoms with Crippen molar-refractivity contribution < 1.29 is 0 Å². The van der Waals surface area contributed by atoms with Crippen LogP contribution in [0.2, 0.25) is 5.02 Å². The van der Waals surface area contributed by atoms with E-state index in [-0.39, 0.29) is 0 Å². The largest absolute Gasteiger partial charge is 0.311 e. The molecule has 1 N–H and O–H groups in total. The van der Waals surface area contributed by atoms with Gasteiger partial charge in [0, 0.05) is 18.3 Å². The summed E-state index contributed by atoms with van der Waals surface area (Å²) < 4.78 is 2.04. The topological polar surface area (TPSA) is 29.9 Å². The molecule has 0 saturated carbocycles. The molecule has 14 heavy (non-hydrogen) atoms. The first-order valence-electron chi connectivity index (χ1n) is 5.27. The van der Waals surface area contributed by atoms with Gasteiger partial charge in [-0.2, -0.15) is 5.10 Å². The molecule has 2 atom stereocenters. The first-order chi connectivity index (χ1) is 6.81. The second-order valence-corrected chi connectivity index (χ2v) is 4.84. The van der Waals surface area contributed by atoms with Crippen LogP contribution in [0.1, 0.15) is 31.7 Å². The number of aromatic nitrogens is 2. The molecule has 2 aliphatic rings. The second kappa shape index (κ2) is 3.24. The van der Waals surface area contributed by atoms with Crippen LogP contribution in [-0.2, 0) is 0 Å². The Morgan fingerprint density at radius 2 is 2.07 bits per heavy atom.